The summed E-state index contributed by atoms with van der Waals surface area (Å²) in [5.41, 5.74) is 1.63. The van der Waals surface area contributed by atoms with E-state index >= 15 is 0 Å². The second-order valence-corrected chi connectivity index (χ2v) is 5.16. The summed E-state index contributed by atoms with van der Waals surface area (Å²) >= 11 is 0. The smallest absolute Gasteiger partial charge is 0.129 e. The maximum atomic E-state index is 4.26. The van der Waals surface area contributed by atoms with Crippen molar-refractivity contribution in [1.29, 1.82) is 0 Å². The fourth-order valence-corrected chi connectivity index (χ4v) is 2.15. The molecule has 0 bridgehead atoms. The molecule has 1 aliphatic carbocycles. The minimum absolute atomic E-state index is 0.496. The number of anilines is 1. The van der Waals surface area contributed by atoms with Gasteiger partial charge in [0.25, 0.3) is 0 Å². The summed E-state index contributed by atoms with van der Waals surface area (Å²) in [7, 11) is 0. The van der Waals surface area contributed by atoms with Gasteiger partial charge in [-0.1, -0.05) is 26.7 Å². The lowest BCUT2D eigenvalue weighted by Crippen LogP contribution is -2.33. The van der Waals surface area contributed by atoms with E-state index in [2.05, 4.69) is 35.2 Å². The van der Waals surface area contributed by atoms with Crippen molar-refractivity contribution in [1.82, 2.24) is 9.97 Å². The number of nitrogens with zero attached hydrogens (tertiary/aromatic N) is 2. The minimum atomic E-state index is 0.496. The van der Waals surface area contributed by atoms with Gasteiger partial charge in [-0.2, -0.15) is 0 Å². The van der Waals surface area contributed by atoms with E-state index in [4.69, 9.17) is 0 Å². The molecule has 3 nitrogen and oxygen atoms in total. The lowest BCUT2D eigenvalue weighted by molar-refractivity contribution is 0.180. The predicted molar refractivity (Wildman–Crippen MR) is 66.5 cm³/mol. The maximum Gasteiger partial charge on any atom is 0.129 e. The molecule has 0 atom stereocenters. The van der Waals surface area contributed by atoms with Crippen LogP contribution in [-0.2, 0) is 6.42 Å². The van der Waals surface area contributed by atoms with Crippen LogP contribution >= 0.6 is 0 Å². The minimum Gasteiger partial charge on any atom is -0.369 e. The lowest BCUT2D eigenvalue weighted by atomic mass is 9.70. The SMILES string of the molecule is CCCc1cc(NCC2(C)CCC2)ncn1. The molecule has 0 unspecified atom stereocenters. The number of hydrogen-bond donors (Lipinski definition) is 1. The van der Waals surface area contributed by atoms with Gasteiger partial charge in [0.05, 0.1) is 0 Å². The van der Waals surface area contributed by atoms with Crippen LogP contribution in [0, 0.1) is 5.41 Å². The average molecular weight is 219 g/mol. The number of nitrogens with one attached hydrogen (secondary N) is 1. The third kappa shape index (κ3) is 2.71. The van der Waals surface area contributed by atoms with Gasteiger partial charge in [0.1, 0.15) is 12.1 Å². The molecule has 0 spiro atoms. The van der Waals surface area contributed by atoms with Crippen LogP contribution < -0.4 is 5.32 Å². The highest BCUT2D eigenvalue weighted by molar-refractivity contribution is 5.35. The highest BCUT2D eigenvalue weighted by atomic mass is 15.0. The van der Waals surface area contributed by atoms with Crippen molar-refractivity contribution in [2.45, 2.75) is 46.0 Å². The molecule has 16 heavy (non-hydrogen) atoms. The van der Waals surface area contributed by atoms with Crippen molar-refractivity contribution in [3.8, 4) is 0 Å². The van der Waals surface area contributed by atoms with Gasteiger partial charge in [-0.25, -0.2) is 9.97 Å². The largest absolute Gasteiger partial charge is 0.369 e. The summed E-state index contributed by atoms with van der Waals surface area (Å²) in [4.78, 5) is 8.52. The second kappa shape index (κ2) is 4.81. The molecule has 1 aromatic heterocycles. The molecule has 0 aromatic carbocycles. The number of aromatic nitrogens is 2. The quantitative estimate of drug-likeness (QED) is 0.827. The second-order valence-electron chi connectivity index (χ2n) is 5.16. The maximum absolute atomic E-state index is 4.26. The van der Waals surface area contributed by atoms with Crippen LogP contribution in [0.15, 0.2) is 12.4 Å². The highest BCUT2D eigenvalue weighted by Crippen LogP contribution is 2.40. The van der Waals surface area contributed by atoms with E-state index in [0.717, 1.165) is 30.9 Å². The monoisotopic (exact) mass is 219 g/mol. The Bertz CT molecular complexity index is 345. The van der Waals surface area contributed by atoms with E-state index in [1.54, 1.807) is 6.33 Å². The Balaban J connectivity index is 1.90. The topological polar surface area (TPSA) is 37.8 Å². The third-order valence-corrected chi connectivity index (χ3v) is 3.49. The van der Waals surface area contributed by atoms with Crippen molar-refractivity contribution >= 4 is 5.82 Å². The number of rotatable bonds is 5. The molecule has 1 saturated carbocycles. The summed E-state index contributed by atoms with van der Waals surface area (Å²) in [6.45, 7) is 5.55. The van der Waals surface area contributed by atoms with E-state index in [-0.39, 0.29) is 0 Å². The van der Waals surface area contributed by atoms with Gasteiger partial charge >= 0.3 is 0 Å². The van der Waals surface area contributed by atoms with Crippen LogP contribution in [0.3, 0.4) is 0 Å². The number of hydrogen-bond acceptors (Lipinski definition) is 3. The third-order valence-electron chi connectivity index (χ3n) is 3.49. The van der Waals surface area contributed by atoms with Gasteiger partial charge in [0.2, 0.25) is 0 Å². The summed E-state index contributed by atoms with van der Waals surface area (Å²) in [5, 5.41) is 3.43. The summed E-state index contributed by atoms with van der Waals surface area (Å²) in [5.74, 6) is 0.978. The zero-order valence-electron chi connectivity index (χ0n) is 10.3. The Kier molecular flexibility index (Phi) is 3.42. The van der Waals surface area contributed by atoms with Crippen molar-refractivity contribution in [2.24, 2.45) is 5.41 Å². The van der Waals surface area contributed by atoms with Crippen LogP contribution in [0.5, 0.6) is 0 Å². The molecule has 0 aliphatic heterocycles. The molecule has 1 aromatic rings. The van der Waals surface area contributed by atoms with Gasteiger partial charge in [0.15, 0.2) is 0 Å². The van der Waals surface area contributed by atoms with Crippen molar-refractivity contribution in [3.63, 3.8) is 0 Å². The summed E-state index contributed by atoms with van der Waals surface area (Å²) in [6.07, 6.45) is 7.89. The van der Waals surface area contributed by atoms with Gasteiger partial charge in [-0.05, 0) is 24.7 Å². The first-order valence-corrected chi connectivity index (χ1v) is 6.27. The zero-order valence-corrected chi connectivity index (χ0v) is 10.3. The van der Waals surface area contributed by atoms with E-state index in [1.807, 2.05) is 0 Å². The first-order valence-electron chi connectivity index (χ1n) is 6.27. The molecule has 0 saturated heterocycles. The van der Waals surface area contributed by atoms with Crippen LogP contribution in [-0.4, -0.2) is 16.5 Å². The average Bonchev–Trinajstić information content (AvgIpc) is 2.25. The molecule has 0 amide bonds. The Hall–Kier alpha value is -1.12. The molecule has 0 radical (unpaired) electrons. The molecule has 1 N–H and O–H groups in total. The van der Waals surface area contributed by atoms with E-state index in [9.17, 15) is 0 Å². The molecule has 3 heteroatoms. The predicted octanol–water partition coefficient (Wildman–Crippen LogP) is 3.03. The Morgan fingerprint density at radius 1 is 1.38 bits per heavy atom. The van der Waals surface area contributed by atoms with Crippen LogP contribution in [0.25, 0.3) is 0 Å². The van der Waals surface area contributed by atoms with Crippen LogP contribution in [0.4, 0.5) is 5.82 Å². The Morgan fingerprint density at radius 3 is 2.81 bits per heavy atom. The lowest BCUT2D eigenvalue weighted by Gasteiger charge is -2.38. The van der Waals surface area contributed by atoms with Gasteiger partial charge < -0.3 is 5.32 Å². The van der Waals surface area contributed by atoms with Gasteiger partial charge in [-0.15, -0.1) is 0 Å². The first kappa shape index (κ1) is 11.4. The molecule has 2 rings (SSSR count). The Morgan fingerprint density at radius 2 is 2.19 bits per heavy atom. The van der Waals surface area contributed by atoms with Gasteiger partial charge in [0, 0.05) is 18.3 Å². The number of aryl methyl sites for hydroxylation is 1. The van der Waals surface area contributed by atoms with E-state index < -0.39 is 0 Å². The van der Waals surface area contributed by atoms with Crippen LogP contribution in [0.1, 0.15) is 45.2 Å². The molecular weight excluding hydrogens is 198 g/mol. The van der Waals surface area contributed by atoms with Crippen molar-refractivity contribution in [3.05, 3.63) is 18.1 Å². The molecule has 1 aliphatic rings. The fraction of sp³-hybridized carbons (Fsp3) is 0.692. The van der Waals surface area contributed by atoms with Gasteiger partial charge in [-0.3, -0.25) is 0 Å². The molecular formula is C13H21N3. The normalized spacial score (nSPS) is 17.9. The van der Waals surface area contributed by atoms with Crippen molar-refractivity contribution < 1.29 is 0 Å². The van der Waals surface area contributed by atoms with E-state index in [0.29, 0.717) is 5.41 Å². The molecule has 88 valence electrons. The fourth-order valence-electron chi connectivity index (χ4n) is 2.15. The summed E-state index contributed by atoms with van der Waals surface area (Å²) < 4.78 is 0. The standard InChI is InChI=1S/C13H21N3/c1-3-5-11-8-12(16-10-15-11)14-9-13(2)6-4-7-13/h8,10H,3-7,9H2,1-2H3,(H,14,15,16). The van der Waals surface area contributed by atoms with Crippen molar-refractivity contribution in [2.75, 3.05) is 11.9 Å². The highest BCUT2D eigenvalue weighted by Gasteiger charge is 2.31. The summed E-state index contributed by atoms with van der Waals surface area (Å²) in [6, 6.07) is 2.07. The molecule has 1 fully saturated rings. The van der Waals surface area contributed by atoms with E-state index in [1.165, 1.54) is 19.3 Å². The first-order chi connectivity index (χ1) is 7.72. The molecule has 1 heterocycles. The van der Waals surface area contributed by atoms with Crippen LogP contribution in [0.2, 0.25) is 0 Å². The zero-order chi connectivity index (χ0) is 11.4. The Labute approximate surface area is 97.7 Å².